The van der Waals surface area contributed by atoms with Gasteiger partial charge in [-0.05, 0) is 0 Å². The normalized spacial score (nSPS) is 1.00. The Morgan fingerprint density at radius 1 is 1.25 bits per heavy atom. The van der Waals surface area contributed by atoms with Crippen LogP contribution in [0.5, 0.6) is 0 Å². The van der Waals surface area contributed by atoms with Gasteiger partial charge in [-0.15, -0.1) is 0 Å². The van der Waals surface area contributed by atoms with E-state index in [1.54, 1.807) is 0 Å². The van der Waals surface area contributed by atoms with E-state index in [0.29, 0.717) is 0 Å². The Hall–Kier alpha value is 1.15. The van der Waals surface area contributed by atoms with Crippen molar-refractivity contribution in [2.75, 3.05) is 0 Å². The van der Waals surface area contributed by atoms with E-state index < -0.39 is 0 Å². The summed E-state index contributed by atoms with van der Waals surface area (Å²) in [5.41, 5.74) is 0. The zero-order valence-electron chi connectivity index (χ0n) is 2.49. The third-order valence-corrected chi connectivity index (χ3v) is 0. The van der Waals surface area contributed by atoms with Crippen molar-refractivity contribution in [3.8, 4) is 0 Å². The largest absolute Gasteiger partial charge is 1.00 e. The quantitative estimate of drug-likeness (QED) is 0.300. The first-order chi connectivity index (χ1) is 1.00. The Bertz CT molecular complexity index is 8.00. The molecule has 0 rings (SSSR count). The summed E-state index contributed by atoms with van der Waals surface area (Å²) in [5, 5.41) is 0. The number of hydrogen-bond acceptors (Lipinski definition) is 1. The van der Waals surface area contributed by atoms with Crippen LogP contribution in [0.3, 0.4) is 0 Å². The van der Waals surface area contributed by atoms with Crippen LogP contribution in [-0.4, -0.2) is 6.79 Å². The van der Waals surface area contributed by atoms with Crippen LogP contribution < -0.4 is 46.5 Å². The van der Waals surface area contributed by atoms with Crippen LogP contribution >= 0.6 is 0 Å². The van der Waals surface area contributed by atoms with E-state index in [2.05, 4.69) is 0 Å². The monoisotopic (exact) mass is 132 g/mol. The second kappa shape index (κ2) is 31.1. The summed E-state index contributed by atoms with van der Waals surface area (Å²) < 4.78 is 0. The van der Waals surface area contributed by atoms with Gasteiger partial charge in [0, 0.05) is 0 Å². The standard InChI is InChI=1S/CH2O.BrH.Na/c1-2;;/h1H2;1H;/q;;+1/p-1. The molecule has 0 heterocycles. The molecular weight excluding hydrogens is 131 g/mol. The van der Waals surface area contributed by atoms with E-state index in [4.69, 9.17) is 4.79 Å². The summed E-state index contributed by atoms with van der Waals surface area (Å²) in [6.07, 6.45) is 0. The Kier molecular flexibility index (Phi) is 149. The van der Waals surface area contributed by atoms with E-state index >= 15 is 0 Å². The average molecular weight is 133 g/mol. The fourth-order valence-electron chi connectivity index (χ4n) is 0. The van der Waals surface area contributed by atoms with Gasteiger partial charge in [-0.25, -0.2) is 0 Å². The zero-order valence-corrected chi connectivity index (χ0v) is 6.08. The van der Waals surface area contributed by atoms with Gasteiger partial charge in [0.2, 0.25) is 0 Å². The third-order valence-electron chi connectivity index (χ3n) is 0. The molecule has 0 bridgehead atoms. The second-order valence-corrected chi connectivity index (χ2v) is 0. The first-order valence-corrected chi connectivity index (χ1v) is 0.289. The van der Waals surface area contributed by atoms with Gasteiger partial charge in [-0.2, -0.15) is 0 Å². The Morgan fingerprint density at radius 3 is 1.25 bits per heavy atom. The minimum absolute atomic E-state index is 0. The fourth-order valence-corrected chi connectivity index (χ4v) is 0. The molecule has 0 aliphatic heterocycles. The minimum atomic E-state index is 0. The van der Waals surface area contributed by atoms with Crippen molar-refractivity contribution >= 4 is 6.79 Å². The molecule has 0 unspecified atom stereocenters. The maximum Gasteiger partial charge on any atom is 1.00 e. The molecule has 0 aromatic carbocycles. The van der Waals surface area contributed by atoms with Crippen molar-refractivity contribution in [1.82, 2.24) is 0 Å². The van der Waals surface area contributed by atoms with Gasteiger partial charge in [0.05, 0.1) is 0 Å². The smallest absolute Gasteiger partial charge is 1.00 e. The first kappa shape index (κ1) is 19.2. The van der Waals surface area contributed by atoms with Crippen LogP contribution in [0.15, 0.2) is 0 Å². The maximum atomic E-state index is 8.00. The summed E-state index contributed by atoms with van der Waals surface area (Å²) in [7, 11) is 0. The van der Waals surface area contributed by atoms with E-state index in [-0.39, 0.29) is 46.5 Å². The number of hydrogen-bond donors (Lipinski definition) is 0. The topological polar surface area (TPSA) is 17.1 Å². The molecule has 20 valence electrons. The molecule has 0 amide bonds. The van der Waals surface area contributed by atoms with Gasteiger partial charge in [0.1, 0.15) is 6.79 Å². The molecule has 0 N–H and O–H groups in total. The molecule has 0 saturated heterocycles. The van der Waals surface area contributed by atoms with Crippen molar-refractivity contribution in [3.63, 3.8) is 0 Å². The molecule has 0 spiro atoms. The minimum Gasteiger partial charge on any atom is -1.00 e. The molecule has 0 aromatic heterocycles. The van der Waals surface area contributed by atoms with Crippen LogP contribution in [0.1, 0.15) is 0 Å². The van der Waals surface area contributed by atoms with Gasteiger partial charge in [-0.3, -0.25) is 0 Å². The van der Waals surface area contributed by atoms with Gasteiger partial charge in [0.15, 0.2) is 0 Å². The summed E-state index contributed by atoms with van der Waals surface area (Å²) in [4.78, 5) is 8.00. The third kappa shape index (κ3) is 11.0. The summed E-state index contributed by atoms with van der Waals surface area (Å²) in [5.74, 6) is 0. The van der Waals surface area contributed by atoms with E-state index in [1.165, 1.54) is 0 Å². The molecule has 0 atom stereocenters. The summed E-state index contributed by atoms with van der Waals surface area (Å²) >= 11 is 0. The predicted molar refractivity (Wildman–Crippen MR) is 7.12 cm³/mol. The molecular formula is CH2BrNaO. The van der Waals surface area contributed by atoms with Crippen LogP contribution in [0.4, 0.5) is 0 Å². The van der Waals surface area contributed by atoms with E-state index in [1.807, 2.05) is 6.79 Å². The molecule has 4 heavy (non-hydrogen) atoms. The Labute approximate surface area is 57.8 Å². The van der Waals surface area contributed by atoms with Crippen molar-refractivity contribution < 1.29 is 51.3 Å². The molecule has 0 saturated carbocycles. The molecule has 0 aliphatic rings. The summed E-state index contributed by atoms with van der Waals surface area (Å²) in [6.45, 7) is 2.00. The van der Waals surface area contributed by atoms with Gasteiger partial charge in [-0.1, -0.05) is 0 Å². The van der Waals surface area contributed by atoms with Gasteiger partial charge < -0.3 is 21.8 Å². The molecule has 1 nitrogen and oxygen atoms in total. The van der Waals surface area contributed by atoms with Gasteiger partial charge >= 0.3 is 29.6 Å². The molecule has 0 aromatic rings. The SMILES string of the molecule is C=O.[Br-].[Na+]. The Morgan fingerprint density at radius 2 is 1.25 bits per heavy atom. The fraction of sp³-hybridized carbons (Fsp3) is 0. The van der Waals surface area contributed by atoms with Gasteiger partial charge in [0.25, 0.3) is 0 Å². The van der Waals surface area contributed by atoms with Crippen molar-refractivity contribution in [2.45, 2.75) is 0 Å². The number of carbonyl (C=O) groups excluding carboxylic acids is 1. The molecule has 3 heteroatoms. The maximum absolute atomic E-state index is 8.00. The molecule has 0 radical (unpaired) electrons. The number of rotatable bonds is 0. The average Bonchev–Trinajstić information content (AvgIpc) is 1.00. The van der Waals surface area contributed by atoms with Crippen molar-refractivity contribution in [3.05, 3.63) is 0 Å². The second-order valence-electron chi connectivity index (χ2n) is 0. The number of carbonyl (C=O) groups is 1. The van der Waals surface area contributed by atoms with Crippen LogP contribution in [0, 0.1) is 0 Å². The zero-order chi connectivity index (χ0) is 2.00. The predicted octanol–water partition coefficient (Wildman–Crippen LogP) is -6.18. The summed E-state index contributed by atoms with van der Waals surface area (Å²) in [6, 6.07) is 0. The van der Waals surface area contributed by atoms with Crippen molar-refractivity contribution in [1.29, 1.82) is 0 Å². The van der Waals surface area contributed by atoms with Crippen LogP contribution in [-0.2, 0) is 4.79 Å². The molecule has 0 aliphatic carbocycles. The van der Waals surface area contributed by atoms with Crippen LogP contribution in [0.2, 0.25) is 0 Å². The van der Waals surface area contributed by atoms with Crippen molar-refractivity contribution in [2.24, 2.45) is 0 Å². The van der Waals surface area contributed by atoms with E-state index in [9.17, 15) is 0 Å². The van der Waals surface area contributed by atoms with E-state index in [0.717, 1.165) is 0 Å². The Balaban J connectivity index is -0.00000000500. The number of halogens is 1. The molecule has 0 fully saturated rings. The van der Waals surface area contributed by atoms with Crippen LogP contribution in [0.25, 0.3) is 0 Å². The first-order valence-electron chi connectivity index (χ1n) is 0.289.